The molecule has 0 saturated carbocycles. The molecule has 0 aromatic carbocycles. The Morgan fingerprint density at radius 2 is 2.00 bits per heavy atom. The number of nitrogens with one attached hydrogen (secondary N) is 2. The normalized spacial score (nSPS) is 10.9. The van der Waals surface area contributed by atoms with Gasteiger partial charge in [0.05, 0.1) is 24.3 Å². The van der Waals surface area contributed by atoms with Gasteiger partial charge in [-0.15, -0.1) is 0 Å². The maximum atomic E-state index is 4.42. The summed E-state index contributed by atoms with van der Waals surface area (Å²) in [6, 6.07) is 0. The van der Waals surface area contributed by atoms with Crippen LogP contribution < -0.4 is 5.32 Å². The minimum atomic E-state index is 0.617. The van der Waals surface area contributed by atoms with Gasteiger partial charge in [0.25, 0.3) is 0 Å². The van der Waals surface area contributed by atoms with Crippen LogP contribution in [0.3, 0.4) is 0 Å². The highest BCUT2D eigenvalue weighted by Gasteiger charge is 2.11. The van der Waals surface area contributed by atoms with Gasteiger partial charge in [-0.25, -0.2) is 15.0 Å². The minimum absolute atomic E-state index is 0.617. The van der Waals surface area contributed by atoms with Crippen LogP contribution in [0.1, 0.15) is 0 Å². The molecule has 8 nitrogen and oxygen atoms in total. The third-order valence-corrected chi connectivity index (χ3v) is 3.03. The molecule has 4 rings (SSSR count). The van der Waals surface area contributed by atoms with Crippen molar-refractivity contribution in [3.8, 4) is 11.3 Å². The summed E-state index contributed by atoms with van der Waals surface area (Å²) in [5.41, 5.74) is 2.60. The summed E-state index contributed by atoms with van der Waals surface area (Å²) in [7, 11) is 0. The third-order valence-electron chi connectivity index (χ3n) is 3.03. The Morgan fingerprint density at radius 1 is 1.00 bits per heavy atom. The Labute approximate surface area is 118 Å². The Balaban J connectivity index is 1.81. The maximum absolute atomic E-state index is 4.42. The molecule has 4 aromatic rings. The quantitative estimate of drug-likeness (QED) is 0.591. The number of anilines is 2. The van der Waals surface area contributed by atoms with E-state index in [0.717, 1.165) is 11.3 Å². The highest BCUT2D eigenvalue weighted by Crippen LogP contribution is 2.23. The largest absolute Gasteiger partial charge is 0.321 e. The van der Waals surface area contributed by atoms with Crippen LogP contribution in [0.15, 0.2) is 49.6 Å². The van der Waals surface area contributed by atoms with Gasteiger partial charge in [0.1, 0.15) is 5.82 Å². The zero-order valence-electron chi connectivity index (χ0n) is 10.8. The number of imidazole rings is 1. The van der Waals surface area contributed by atoms with E-state index in [-0.39, 0.29) is 0 Å². The van der Waals surface area contributed by atoms with E-state index in [4.69, 9.17) is 0 Å². The Bertz CT molecular complexity index is 866. The van der Waals surface area contributed by atoms with Gasteiger partial charge in [-0.05, 0) is 0 Å². The van der Waals surface area contributed by atoms with E-state index in [2.05, 4.69) is 35.5 Å². The first-order valence-electron chi connectivity index (χ1n) is 6.26. The van der Waals surface area contributed by atoms with Crippen molar-refractivity contribution in [2.75, 3.05) is 5.32 Å². The zero-order valence-corrected chi connectivity index (χ0v) is 10.8. The Morgan fingerprint density at radius 3 is 2.81 bits per heavy atom. The lowest BCUT2D eigenvalue weighted by Crippen LogP contribution is -2.00. The van der Waals surface area contributed by atoms with Crippen molar-refractivity contribution in [2.45, 2.75) is 0 Å². The molecule has 4 aromatic heterocycles. The number of hydrogen-bond acceptors (Lipinski definition) is 6. The van der Waals surface area contributed by atoms with Crippen LogP contribution in [0, 0.1) is 0 Å². The van der Waals surface area contributed by atoms with Crippen molar-refractivity contribution in [3.05, 3.63) is 49.6 Å². The molecule has 0 aliphatic carbocycles. The molecule has 0 spiro atoms. The molecule has 0 aliphatic rings. The number of aromatic nitrogens is 7. The lowest BCUT2D eigenvalue weighted by atomic mass is 10.3. The predicted molar refractivity (Wildman–Crippen MR) is 75.9 cm³/mol. The van der Waals surface area contributed by atoms with Gasteiger partial charge >= 0.3 is 0 Å². The van der Waals surface area contributed by atoms with Crippen LogP contribution in [0.4, 0.5) is 11.6 Å². The Hall–Kier alpha value is -3.29. The summed E-state index contributed by atoms with van der Waals surface area (Å²) in [4.78, 5) is 16.9. The summed E-state index contributed by atoms with van der Waals surface area (Å²) in [6.45, 7) is 0. The molecule has 0 amide bonds. The number of H-pyrrole nitrogens is 1. The molecular formula is C13H10N8. The molecule has 4 heterocycles. The van der Waals surface area contributed by atoms with Crippen LogP contribution in [-0.2, 0) is 0 Å². The second-order valence-electron chi connectivity index (χ2n) is 4.32. The van der Waals surface area contributed by atoms with Gasteiger partial charge in [0, 0.05) is 36.5 Å². The lowest BCUT2D eigenvalue weighted by Gasteiger charge is -2.05. The van der Waals surface area contributed by atoms with Crippen LogP contribution in [0.5, 0.6) is 0 Å². The average molecular weight is 278 g/mol. The summed E-state index contributed by atoms with van der Waals surface area (Å²) in [5.74, 6) is 1.23. The van der Waals surface area contributed by atoms with E-state index < -0.39 is 0 Å². The van der Waals surface area contributed by atoms with Gasteiger partial charge in [0.15, 0.2) is 11.5 Å². The number of rotatable bonds is 3. The molecule has 0 aliphatic heterocycles. The topological polar surface area (TPSA) is 96.7 Å². The fourth-order valence-corrected chi connectivity index (χ4v) is 2.10. The van der Waals surface area contributed by atoms with Gasteiger partial charge in [-0.3, -0.25) is 14.5 Å². The average Bonchev–Trinajstić information content (AvgIpc) is 3.17. The van der Waals surface area contributed by atoms with E-state index >= 15 is 0 Å². The van der Waals surface area contributed by atoms with Crippen LogP contribution in [0.25, 0.3) is 16.9 Å². The standard InChI is InChI=1S/C13H10N8/c1-2-15-11(8-14-1)20-12-13-17-7-10(9-5-18-19-6-9)21(13)4-3-16-12/h1-8H,(H,18,19)(H,15,16,20). The van der Waals surface area contributed by atoms with Crippen LogP contribution in [0.2, 0.25) is 0 Å². The van der Waals surface area contributed by atoms with Crippen molar-refractivity contribution in [1.82, 2.24) is 34.5 Å². The first-order valence-corrected chi connectivity index (χ1v) is 6.26. The zero-order chi connectivity index (χ0) is 14.1. The van der Waals surface area contributed by atoms with Gasteiger partial charge in [-0.1, -0.05) is 0 Å². The second kappa shape index (κ2) is 4.67. The van der Waals surface area contributed by atoms with E-state index in [9.17, 15) is 0 Å². The summed E-state index contributed by atoms with van der Waals surface area (Å²) >= 11 is 0. The van der Waals surface area contributed by atoms with E-state index in [1.807, 2.05) is 16.8 Å². The second-order valence-corrected chi connectivity index (χ2v) is 4.32. The van der Waals surface area contributed by atoms with Crippen LogP contribution >= 0.6 is 0 Å². The molecule has 21 heavy (non-hydrogen) atoms. The van der Waals surface area contributed by atoms with Crippen molar-refractivity contribution < 1.29 is 0 Å². The molecule has 0 bridgehead atoms. The molecule has 0 unspecified atom stereocenters. The molecule has 0 radical (unpaired) electrons. The first-order chi connectivity index (χ1) is 10.4. The SMILES string of the molecule is c1cnc(Nc2nccn3c(-c4cn[nH]c4)cnc23)cn1. The van der Waals surface area contributed by atoms with Crippen molar-refractivity contribution in [1.29, 1.82) is 0 Å². The molecule has 0 saturated heterocycles. The fourth-order valence-electron chi connectivity index (χ4n) is 2.10. The van der Waals surface area contributed by atoms with Gasteiger partial charge in [-0.2, -0.15) is 5.10 Å². The summed E-state index contributed by atoms with van der Waals surface area (Å²) < 4.78 is 1.94. The number of fused-ring (bicyclic) bond motifs is 1. The van der Waals surface area contributed by atoms with Crippen LogP contribution in [-0.4, -0.2) is 34.5 Å². The number of aromatic amines is 1. The smallest absolute Gasteiger partial charge is 0.180 e. The molecule has 0 atom stereocenters. The van der Waals surface area contributed by atoms with Gasteiger partial charge < -0.3 is 5.32 Å². The third kappa shape index (κ3) is 1.98. The Kier molecular flexibility index (Phi) is 2.57. The van der Waals surface area contributed by atoms with Crippen molar-refractivity contribution in [2.24, 2.45) is 0 Å². The molecule has 102 valence electrons. The van der Waals surface area contributed by atoms with E-state index in [1.165, 1.54) is 0 Å². The fraction of sp³-hybridized carbons (Fsp3) is 0. The van der Waals surface area contributed by atoms with E-state index in [1.54, 1.807) is 37.2 Å². The minimum Gasteiger partial charge on any atom is -0.321 e. The summed E-state index contributed by atoms with van der Waals surface area (Å²) in [6.07, 6.45) is 13.8. The van der Waals surface area contributed by atoms with Crippen molar-refractivity contribution >= 4 is 17.3 Å². The van der Waals surface area contributed by atoms with E-state index in [0.29, 0.717) is 17.3 Å². The number of hydrogen-bond donors (Lipinski definition) is 2. The lowest BCUT2D eigenvalue weighted by molar-refractivity contribution is 1.09. The van der Waals surface area contributed by atoms with Gasteiger partial charge in [0.2, 0.25) is 0 Å². The molecule has 8 heteroatoms. The maximum Gasteiger partial charge on any atom is 0.180 e. The predicted octanol–water partition coefficient (Wildman–Crippen LogP) is 1.65. The first kappa shape index (κ1) is 11.5. The van der Waals surface area contributed by atoms with Crippen molar-refractivity contribution in [3.63, 3.8) is 0 Å². The molecular weight excluding hydrogens is 268 g/mol. The summed E-state index contributed by atoms with van der Waals surface area (Å²) in [5, 5.41) is 9.87. The molecule has 0 fully saturated rings. The number of nitrogens with zero attached hydrogens (tertiary/aromatic N) is 6. The highest BCUT2D eigenvalue weighted by atomic mass is 15.1. The monoisotopic (exact) mass is 278 g/mol. The highest BCUT2D eigenvalue weighted by molar-refractivity contribution is 5.72. The molecule has 2 N–H and O–H groups in total.